The second kappa shape index (κ2) is 8.22. The summed E-state index contributed by atoms with van der Waals surface area (Å²) in [7, 11) is 1.91. The molecule has 8 heteroatoms. The number of H-pyrrole nitrogens is 1. The maximum Gasteiger partial charge on any atom is 0.269 e. The van der Waals surface area contributed by atoms with Crippen molar-refractivity contribution >= 4 is 5.91 Å². The van der Waals surface area contributed by atoms with E-state index in [4.69, 9.17) is 4.74 Å². The summed E-state index contributed by atoms with van der Waals surface area (Å²) in [6.45, 7) is 12.3. The van der Waals surface area contributed by atoms with Gasteiger partial charge in [-0.05, 0) is 25.8 Å². The number of morpholine rings is 1. The molecule has 0 radical (unpaired) electrons. The summed E-state index contributed by atoms with van der Waals surface area (Å²) in [5, 5.41) is 14.7. The van der Waals surface area contributed by atoms with Gasteiger partial charge in [0, 0.05) is 44.0 Å². The number of aromatic amines is 1. The molecule has 148 valence electrons. The highest BCUT2D eigenvalue weighted by Crippen LogP contribution is 2.25. The minimum atomic E-state index is -0.133. The zero-order chi connectivity index (χ0) is 19.6. The Balaban J connectivity index is 1.67. The fourth-order valence-corrected chi connectivity index (χ4v) is 3.70. The van der Waals surface area contributed by atoms with Crippen molar-refractivity contribution in [2.75, 3.05) is 32.8 Å². The van der Waals surface area contributed by atoms with E-state index in [1.54, 1.807) is 6.07 Å². The Morgan fingerprint density at radius 2 is 2.04 bits per heavy atom. The molecule has 3 rings (SSSR count). The van der Waals surface area contributed by atoms with Crippen LogP contribution < -0.4 is 5.32 Å². The molecular formula is C19H30N6O2. The molecule has 1 aliphatic rings. The summed E-state index contributed by atoms with van der Waals surface area (Å²) >= 11 is 0. The van der Waals surface area contributed by atoms with Crippen molar-refractivity contribution in [3.05, 3.63) is 23.1 Å². The smallest absolute Gasteiger partial charge is 0.269 e. The quantitative estimate of drug-likeness (QED) is 0.800. The molecule has 1 atom stereocenters. The van der Waals surface area contributed by atoms with Gasteiger partial charge in [0.15, 0.2) is 0 Å². The molecule has 3 heterocycles. The fourth-order valence-electron chi connectivity index (χ4n) is 3.70. The summed E-state index contributed by atoms with van der Waals surface area (Å²) in [5.74, 6) is 0.313. The summed E-state index contributed by atoms with van der Waals surface area (Å²) in [6, 6.07) is 2.09. The van der Waals surface area contributed by atoms with E-state index in [0.29, 0.717) is 24.2 Å². The Labute approximate surface area is 160 Å². The Kier molecular flexibility index (Phi) is 5.96. The molecule has 1 saturated heterocycles. The molecule has 2 N–H and O–H groups in total. The topological polar surface area (TPSA) is 88.1 Å². The number of hydrogen-bond donors (Lipinski definition) is 2. The van der Waals surface area contributed by atoms with Crippen molar-refractivity contribution in [1.82, 2.24) is 30.2 Å². The third-order valence-corrected chi connectivity index (χ3v) is 5.34. The van der Waals surface area contributed by atoms with Gasteiger partial charge in [-0.2, -0.15) is 10.2 Å². The summed E-state index contributed by atoms with van der Waals surface area (Å²) in [6.07, 6.45) is 0. The lowest BCUT2D eigenvalue weighted by molar-refractivity contribution is 0.00671. The van der Waals surface area contributed by atoms with E-state index in [-0.39, 0.29) is 5.91 Å². The average Bonchev–Trinajstić information content (AvgIpc) is 3.20. The van der Waals surface area contributed by atoms with Gasteiger partial charge in [0.1, 0.15) is 5.69 Å². The molecule has 1 fully saturated rings. The number of carbonyl (C=O) groups is 1. The maximum atomic E-state index is 12.6. The first kappa shape index (κ1) is 19.6. The van der Waals surface area contributed by atoms with Crippen LogP contribution in [0.15, 0.2) is 6.07 Å². The van der Waals surface area contributed by atoms with Crippen LogP contribution in [0, 0.1) is 19.8 Å². The highest BCUT2D eigenvalue weighted by atomic mass is 16.5. The van der Waals surface area contributed by atoms with E-state index in [2.05, 4.69) is 39.4 Å². The normalized spacial score (nSPS) is 16.7. The van der Waals surface area contributed by atoms with Crippen molar-refractivity contribution in [3.8, 4) is 11.3 Å². The third-order valence-electron chi connectivity index (χ3n) is 5.34. The van der Waals surface area contributed by atoms with Gasteiger partial charge in [0.05, 0.1) is 24.6 Å². The van der Waals surface area contributed by atoms with Crippen LogP contribution in [-0.4, -0.2) is 69.7 Å². The van der Waals surface area contributed by atoms with Gasteiger partial charge in [-0.3, -0.25) is 19.5 Å². The van der Waals surface area contributed by atoms with Gasteiger partial charge in [-0.15, -0.1) is 0 Å². The number of hydrogen-bond acceptors (Lipinski definition) is 5. The first-order chi connectivity index (χ1) is 12.9. The summed E-state index contributed by atoms with van der Waals surface area (Å²) in [4.78, 5) is 15.0. The predicted molar refractivity (Wildman–Crippen MR) is 104 cm³/mol. The van der Waals surface area contributed by atoms with Gasteiger partial charge < -0.3 is 10.1 Å². The number of carbonyl (C=O) groups excluding carboxylic acids is 1. The van der Waals surface area contributed by atoms with Gasteiger partial charge in [-0.25, -0.2) is 0 Å². The first-order valence-electron chi connectivity index (χ1n) is 9.54. The number of nitrogens with one attached hydrogen (secondary N) is 2. The van der Waals surface area contributed by atoms with Crippen molar-refractivity contribution in [2.24, 2.45) is 13.0 Å². The molecular weight excluding hydrogens is 344 g/mol. The molecule has 2 aromatic rings. The van der Waals surface area contributed by atoms with Crippen LogP contribution in [0.4, 0.5) is 0 Å². The molecule has 0 spiro atoms. The Bertz CT molecular complexity index is 788. The average molecular weight is 374 g/mol. The van der Waals surface area contributed by atoms with Gasteiger partial charge >= 0.3 is 0 Å². The molecule has 27 heavy (non-hydrogen) atoms. The van der Waals surface area contributed by atoms with Crippen LogP contribution in [0.5, 0.6) is 0 Å². The van der Waals surface area contributed by atoms with E-state index in [1.807, 2.05) is 25.6 Å². The standard InChI is InChI=1S/C19H30N6O2/c1-12(2)17(25-6-8-27-9-7-25)11-20-19(26)16-10-15(21-22-16)18-13(3)23-24(5)14(18)4/h10,12,17H,6-9,11H2,1-5H3,(H,20,26)(H,21,22). The Morgan fingerprint density at radius 3 is 2.63 bits per heavy atom. The first-order valence-corrected chi connectivity index (χ1v) is 9.54. The molecule has 2 aromatic heterocycles. The van der Waals surface area contributed by atoms with Crippen LogP contribution in [0.1, 0.15) is 35.7 Å². The minimum absolute atomic E-state index is 0.133. The molecule has 0 aliphatic carbocycles. The summed E-state index contributed by atoms with van der Waals surface area (Å²) in [5.41, 5.74) is 4.12. The zero-order valence-corrected chi connectivity index (χ0v) is 16.9. The molecule has 0 aromatic carbocycles. The highest BCUT2D eigenvalue weighted by molar-refractivity contribution is 5.93. The monoisotopic (exact) mass is 374 g/mol. The second-order valence-corrected chi connectivity index (χ2v) is 7.51. The van der Waals surface area contributed by atoms with Crippen molar-refractivity contribution < 1.29 is 9.53 Å². The lowest BCUT2D eigenvalue weighted by Crippen LogP contribution is -2.51. The van der Waals surface area contributed by atoms with E-state index < -0.39 is 0 Å². The zero-order valence-electron chi connectivity index (χ0n) is 16.9. The molecule has 1 unspecified atom stereocenters. The fraction of sp³-hybridized carbons (Fsp3) is 0.632. The SMILES string of the molecule is Cc1nn(C)c(C)c1-c1cc(C(=O)NCC(C(C)C)N2CCOCC2)[nH]n1. The van der Waals surface area contributed by atoms with Crippen molar-refractivity contribution in [1.29, 1.82) is 0 Å². The molecule has 1 amide bonds. The van der Waals surface area contributed by atoms with E-state index in [9.17, 15) is 4.79 Å². The van der Waals surface area contributed by atoms with E-state index >= 15 is 0 Å². The van der Waals surface area contributed by atoms with E-state index in [1.165, 1.54) is 0 Å². The van der Waals surface area contributed by atoms with Crippen molar-refractivity contribution in [2.45, 2.75) is 33.7 Å². The molecule has 0 saturated carbocycles. The van der Waals surface area contributed by atoms with Crippen molar-refractivity contribution in [3.63, 3.8) is 0 Å². The Hall–Kier alpha value is -2.19. The molecule has 0 bridgehead atoms. The van der Waals surface area contributed by atoms with E-state index in [0.717, 1.165) is 48.9 Å². The number of aryl methyl sites for hydroxylation is 2. The van der Waals surface area contributed by atoms with Crippen LogP contribution in [0.3, 0.4) is 0 Å². The van der Waals surface area contributed by atoms with Crippen LogP contribution in [0.2, 0.25) is 0 Å². The predicted octanol–water partition coefficient (Wildman–Crippen LogP) is 1.51. The van der Waals surface area contributed by atoms with Gasteiger partial charge in [0.25, 0.3) is 5.91 Å². The lowest BCUT2D eigenvalue weighted by atomic mass is 10.0. The largest absolute Gasteiger partial charge is 0.379 e. The van der Waals surface area contributed by atoms with Gasteiger partial charge in [0.2, 0.25) is 0 Å². The Morgan fingerprint density at radius 1 is 1.33 bits per heavy atom. The highest BCUT2D eigenvalue weighted by Gasteiger charge is 2.25. The molecule has 1 aliphatic heterocycles. The van der Waals surface area contributed by atoms with Crippen LogP contribution in [-0.2, 0) is 11.8 Å². The number of ether oxygens (including phenoxy) is 1. The van der Waals surface area contributed by atoms with Crippen LogP contribution in [0.25, 0.3) is 11.3 Å². The van der Waals surface area contributed by atoms with Crippen LogP contribution >= 0.6 is 0 Å². The number of amides is 1. The maximum absolute atomic E-state index is 12.6. The second-order valence-electron chi connectivity index (χ2n) is 7.51. The van der Waals surface area contributed by atoms with Gasteiger partial charge in [-0.1, -0.05) is 13.8 Å². The number of rotatable bonds is 6. The third kappa shape index (κ3) is 4.22. The summed E-state index contributed by atoms with van der Waals surface area (Å²) < 4.78 is 7.27. The molecule has 8 nitrogen and oxygen atoms in total. The minimum Gasteiger partial charge on any atom is -0.379 e. The number of nitrogens with zero attached hydrogens (tertiary/aromatic N) is 4. The lowest BCUT2D eigenvalue weighted by Gasteiger charge is -2.36. The number of aromatic nitrogens is 4.